The van der Waals surface area contributed by atoms with Crippen molar-refractivity contribution in [2.24, 2.45) is 0 Å². The van der Waals surface area contributed by atoms with Crippen LogP contribution >= 0.6 is 0 Å². The van der Waals surface area contributed by atoms with Crippen LogP contribution in [-0.2, 0) is 4.79 Å². The second-order valence-corrected chi connectivity index (χ2v) is 6.50. The largest absolute Gasteiger partial charge is 0.378 e. The van der Waals surface area contributed by atoms with Gasteiger partial charge in [0.25, 0.3) is 0 Å². The predicted molar refractivity (Wildman–Crippen MR) is 95.9 cm³/mol. The number of hydrogen-bond donors (Lipinski definition) is 1. The van der Waals surface area contributed by atoms with Gasteiger partial charge in [0.1, 0.15) is 0 Å². The van der Waals surface area contributed by atoms with E-state index in [9.17, 15) is 4.79 Å². The average Bonchev–Trinajstić information content (AvgIpc) is 2.56. The van der Waals surface area contributed by atoms with Crippen LogP contribution in [0.25, 0.3) is 0 Å². The van der Waals surface area contributed by atoms with Crippen LogP contribution in [0.4, 0.5) is 5.69 Å². The van der Waals surface area contributed by atoms with Crippen LogP contribution < -0.4 is 10.2 Å². The summed E-state index contributed by atoms with van der Waals surface area (Å²) < 4.78 is 0. The molecule has 0 aromatic heterocycles. The lowest BCUT2D eigenvalue weighted by atomic mass is 10.0. The van der Waals surface area contributed by atoms with Gasteiger partial charge < -0.3 is 15.1 Å². The molecule has 1 heterocycles. The molecule has 0 spiro atoms. The van der Waals surface area contributed by atoms with E-state index in [4.69, 9.17) is 0 Å². The minimum atomic E-state index is 0.119. The Hall–Kier alpha value is -1.59. The highest BCUT2D eigenvalue weighted by Crippen LogP contribution is 2.24. The molecular weight excluding hydrogens is 288 g/mol. The molecule has 1 fully saturated rings. The van der Waals surface area contributed by atoms with Crippen molar-refractivity contribution in [3.05, 3.63) is 29.8 Å². The number of nitrogens with zero attached hydrogens (tertiary/aromatic N) is 3. The molecule has 1 aromatic rings. The number of carbonyl (C=O) groups excluding carboxylic acids is 1. The SMILES string of the molecule is CCC(=O)NCC(c1ccc(N(C)C)cc1)N1CCN(C)CC1. The fourth-order valence-electron chi connectivity index (χ4n) is 2.92. The Kier molecular flexibility index (Phi) is 6.42. The predicted octanol–water partition coefficient (Wildman–Crippen LogP) is 1.57. The van der Waals surface area contributed by atoms with Crippen LogP contribution in [0.1, 0.15) is 24.9 Å². The van der Waals surface area contributed by atoms with E-state index < -0.39 is 0 Å². The highest BCUT2D eigenvalue weighted by molar-refractivity contribution is 5.75. The van der Waals surface area contributed by atoms with Crippen molar-refractivity contribution in [1.29, 1.82) is 0 Å². The van der Waals surface area contributed by atoms with E-state index in [1.165, 1.54) is 11.3 Å². The summed E-state index contributed by atoms with van der Waals surface area (Å²) in [6.45, 7) is 6.81. The quantitative estimate of drug-likeness (QED) is 0.864. The van der Waals surface area contributed by atoms with Gasteiger partial charge in [0.15, 0.2) is 0 Å². The van der Waals surface area contributed by atoms with Crippen LogP contribution in [0.5, 0.6) is 0 Å². The molecule has 0 bridgehead atoms. The number of rotatable bonds is 6. The van der Waals surface area contributed by atoms with Gasteiger partial charge in [-0.1, -0.05) is 19.1 Å². The molecule has 1 aromatic carbocycles. The Balaban J connectivity index is 2.12. The number of carbonyl (C=O) groups is 1. The molecule has 1 aliphatic rings. The molecule has 1 atom stereocenters. The Bertz CT molecular complexity index is 492. The topological polar surface area (TPSA) is 38.8 Å². The van der Waals surface area contributed by atoms with Gasteiger partial charge in [-0.2, -0.15) is 0 Å². The summed E-state index contributed by atoms with van der Waals surface area (Å²) >= 11 is 0. The first-order valence-electron chi connectivity index (χ1n) is 8.47. The lowest BCUT2D eigenvalue weighted by molar-refractivity contribution is -0.121. The fraction of sp³-hybridized carbons (Fsp3) is 0.611. The number of amides is 1. The van der Waals surface area contributed by atoms with E-state index in [1.54, 1.807) is 0 Å². The molecule has 5 heteroatoms. The summed E-state index contributed by atoms with van der Waals surface area (Å²) in [6.07, 6.45) is 0.537. The van der Waals surface area contributed by atoms with Crippen molar-refractivity contribution in [2.45, 2.75) is 19.4 Å². The average molecular weight is 318 g/mol. The highest BCUT2D eigenvalue weighted by atomic mass is 16.1. The molecular formula is C18H30N4O. The molecule has 2 rings (SSSR count). The lowest BCUT2D eigenvalue weighted by Gasteiger charge is -2.38. The maximum Gasteiger partial charge on any atom is 0.219 e. The van der Waals surface area contributed by atoms with Crippen molar-refractivity contribution in [3.8, 4) is 0 Å². The third-order valence-corrected chi connectivity index (χ3v) is 4.59. The van der Waals surface area contributed by atoms with Crippen LogP contribution in [0, 0.1) is 0 Å². The Morgan fingerprint density at radius 2 is 1.78 bits per heavy atom. The second-order valence-electron chi connectivity index (χ2n) is 6.50. The third kappa shape index (κ3) is 4.94. The zero-order chi connectivity index (χ0) is 16.8. The third-order valence-electron chi connectivity index (χ3n) is 4.59. The first-order valence-corrected chi connectivity index (χ1v) is 8.47. The summed E-state index contributed by atoms with van der Waals surface area (Å²) in [4.78, 5) is 18.6. The summed E-state index contributed by atoms with van der Waals surface area (Å²) in [6, 6.07) is 8.93. The van der Waals surface area contributed by atoms with Gasteiger partial charge in [-0.15, -0.1) is 0 Å². The smallest absolute Gasteiger partial charge is 0.219 e. The van der Waals surface area contributed by atoms with E-state index in [1.807, 2.05) is 6.92 Å². The van der Waals surface area contributed by atoms with E-state index in [0.717, 1.165) is 26.2 Å². The van der Waals surface area contributed by atoms with Gasteiger partial charge in [0.05, 0.1) is 6.04 Å². The molecule has 0 saturated carbocycles. The van der Waals surface area contributed by atoms with Gasteiger partial charge in [-0.3, -0.25) is 9.69 Å². The highest BCUT2D eigenvalue weighted by Gasteiger charge is 2.24. The van der Waals surface area contributed by atoms with Crippen molar-refractivity contribution in [1.82, 2.24) is 15.1 Å². The zero-order valence-corrected chi connectivity index (χ0v) is 14.9. The van der Waals surface area contributed by atoms with Crippen molar-refractivity contribution < 1.29 is 4.79 Å². The Morgan fingerprint density at radius 3 is 2.30 bits per heavy atom. The number of nitrogens with one attached hydrogen (secondary N) is 1. The summed E-state index contributed by atoms with van der Waals surface area (Å²) in [7, 11) is 6.26. The van der Waals surface area contributed by atoms with Crippen molar-refractivity contribution in [2.75, 3.05) is 58.8 Å². The van der Waals surface area contributed by atoms with Crippen molar-refractivity contribution >= 4 is 11.6 Å². The number of anilines is 1. The first kappa shape index (κ1) is 17.8. The lowest BCUT2D eigenvalue weighted by Crippen LogP contribution is -2.48. The molecule has 23 heavy (non-hydrogen) atoms. The Morgan fingerprint density at radius 1 is 1.17 bits per heavy atom. The first-order chi connectivity index (χ1) is 11.0. The van der Waals surface area contributed by atoms with Gasteiger partial charge >= 0.3 is 0 Å². The minimum Gasteiger partial charge on any atom is -0.378 e. The molecule has 5 nitrogen and oxygen atoms in total. The summed E-state index contributed by atoms with van der Waals surface area (Å²) in [5.74, 6) is 0.119. The monoisotopic (exact) mass is 318 g/mol. The molecule has 1 saturated heterocycles. The summed E-state index contributed by atoms with van der Waals surface area (Å²) in [5, 5.41) is 3.07. The van der Waals surface area contributed by atoms with Gasteiger partial charge in [-0.05, 0) is 24.7 Å². The molecule has 1 amide bonds. The van der Waals surface area contributed by atoms with E-state index in [-0.39, 0.29) is 11.9 Å². The summed E-state index contributed by atoms with van der Waals surface area (Å²) in [5.41, 5.74) is 2.47. The minimum absolute atomic E-state index is 0.119. The molecule has 1 unspecified atom stereocenters. The van der Waals surface area contributed by atoms with Gasteiger partial charge in [0, 0.05) is 58.9 Å². The fourth-order valence-corrected chi connectivity index (χ4v) is 2.92. The van der Waals surface area contributed by atoms with Crippen LogP contribution in [0.3, 0.4) is 0 Å². The maximum absolute atomic E-state index is 11.7. The standard InChI is InChI=1S/C18H30N4O/c1-5-18(23)19-14-17(22-12-10-21(4)11-13-22)15-6-8-16(9-7-15)20(2)3/h6-9,17H,5,10-14H2,1-4H3,(H,19,23). The van der Waals surface area contributed by atoms with Crippen LogP contribution in [0.15, 0.2) is 24.3 Å². The van der Waals surface area contributed by atoms with E-state index in [2.05, 4.69) is 65.4 Å². The zero-order valence-electron chi connectivity index (χ0n) is 14.9. The van der Waals surface area contributed by atoms with Gasteiger partial charge in [0.2, 0.25) is 5.91 Å². The van der Waals surface area contributed by atoms with E-state index >= 15 is 0 Å². The molecule has 128 valence electrons. The van der Waals surface area contributed by atoms with Crippen molar-refractivity contribution in [3.63, 3.8) is 0 Å². The molecule has 0 aliphatic carbocycles. The molecule has 0 radical (unpaired) electrons. The molecule has 1 aliphatic heterocycles. The van der Waals surface area contributed by atoms with Crippen LogP contribution in [0.2, 0.25) is 0 Å². The molecule has 1 N–H and O–H groups in total. The van der Waals surface area contributed by atoms with Gasteiger partial charge in [-0.25, -0.2) is 0 Å². The van der Waals surface area contributed by atoms with Crippen LogP contribution in [-0.4, -0.2) is 69.6 Å². The number of benzene rings is 1. The number of hydrogen-bond acceptors (Lipinski definition) is 4. The Labute approximate surface area is 140 Å². The number of piperazine rings is 1. The maximum atomic E-state index is 11.7. The normalized spacial score (nSPS) is 17.7. The van der Waals surface area contributed by atoms with E-state index in [0.29, 0.717) is 13.0 Å². The number of likely N-dealkylation sites (N-methyl/N-ethyl adjacent to an activating group) is 1. The second kappa shape index (κ2) is 8.31.